The van der Waals surface area contributed by atoms with E-state index in [4.69, 9.17) is 0 Å². The molecular formula is C10H9F3O4. The quantitative estimate of drug-likeness (QED) is 0.649. The second kappa shape index (κ2) is 5.05. The molecule has 1 aromatic carbocycles. The summed E-state index contributed by atoms with van der Waals surface area (Å²) in [6.07, 6.45) is -1.96. The van der Waals surface area contributed by atoms with Crippen molar-refractivity contribution < 1.29 is 32.5 Å². The van der Waals surface area contributed by atoms with Crippen LogP contribution in [0.5, 0.6) is 5.75 Å². The fourth-order valence-corrected chi connectivity index (χ4v) is 1.25. The van der Waals surface area contributed by atoms with Crippen molar-refractivity contribution in [3.8, 4) is 5.75 Å². The largest absolute Gasteiger partial charge is 0.493 e. The number of hydrogen-bond donors (Lipinski definition) is 1. The van der Waals surface area contributed by atoms with Crippen LogP contribution in [-0.2, 0) is 9.53 Å². The number of methoxy groups -OCH3 is 2. The van der Waals surface area contributed by atoms with E-state index >= 15 is 0 Å². The molecule has 7 heteroatoms. The lowest BCUT2D eigenvalue weighted by Crippen LogP contribution is -2.16. The summed E-state index contributed by atoms with van der Waals surface area (Å²) in [6.45, 7) is 0. The van der Waals surface area contributed by atoms with E-state index in [1.54, 1.807) is 0 Å². The maximum absolute atomic E-state index is 13.2. The van der Waals surface area contributed by atoms with E-state index < -0.39 is 40.8 Å². The molecule has 1 rings (SSSR count). The molecule has 1 unspecified atom stereocenters. The van der Waals surface area contributed by atoms with Gasteiger partial charge in [-0.05, 0) is 6.07 Å². The first kappa shape index (κ1) is 13.3. The molecule has 17 heavy (non-hydrogen) atoms. The molecule has 0 aliphatic rings. The second-order valence-corrected chi connectivity index (χ2v) is 3.03. The molecule has 94 valence electrons. The zero-order valence-corrected chi connectivity index (χ0v) is 8.96. The van der Waals surface area contributed by atoms with Crippen molar-refractivity contribution in [2.24, 2.45) is 0 Å². The van der Waals surface area contributed by atoms with Gasteiger partial charge >= 0.3 is 5.97 Å². The molecule has 0 heterocycles. The monoisotopic (exact) mass is 250 g/mol. The van der Waals surface area contributed by atoms with E-state index in [1.165, 1.54) is 0 Å². The van der Waals surface area contributed by atoms with Crippen molar-refractivity contribution in [2.45, 2.75) is 6.10 Å². The molecular weight excluding hydrogens is 241 g/mol. The van der Waals surface area contributed by atoms with Crippen molar-refractivity contribution in [1.29, 1.82) is 0 Å². The van der Waals surface area contributed by atoms with Gasteiger partial charge in [0.1, 0.15) is 0 Å². The third-order valence-electron chi connectivity index (χ3n) is 2.07. The Balaban J connectivity index is 3.37. The SMILES string of the molecule is COC(=O)C(O)c1cc(F)c(F)c(F)c1OC. The Bertz CT molecular complexity index is 448. The first-order chi connectivity index (χ1) is 7.93. The predicted octanol–water partition coefficient (Wildman–Crippen LogP) is 1.32. The Morgan fingerprint density at radius 1 is 1.29 bits per heavy atom. The maximum atomic E-state index is 13.2. The molecule has 0 amide bonds. The van der Waals surface area contributed by atoms with Crippen LogP contribution in [-0.4, -0.2) is 25.3 Å². The Morgan fingerprint density at radius 3 is 2.35 bits per heavy atom. The van der Waals surface area contributed by atoms with Gasteiger partial charge < -0.3 is 14.6 Å². The molecule has 1 aromatic rings. The Hall–Kier alpha value is -1.76. The first-order valence-electron chi connectivity index (χ1n) is 4.41. The van der Waals surface area contributed by atoms with Crippen molar-refractivity contribution in [2.75, 3.05) is 14.2 Å². The van der Waals surface area contributed by atoms with E-state index in [0.717, 1.165) is 14.2 Å². The van der Waals surface area contributed by atoms with Crippen molar-refractivity contribution in [3.05, 3.63) is 29.1 Å². The van der Waals surface area contributed by atoms with Crippen molar-refractivity contribution >= 4 is 5.97 Å². The van der Waals surface area contributed by atoms with Crippen LogP contribution in [0, 0.1) is 17.5 Å². The highest BCUT2D eigenvalue weighted by molar-refractivity contribution is 5.77. The third kappa shape index (κ3) is 2.33. The summed E-state index contributed by atoms with van der Waals surface area (Å²) in [4.78, 5) is 11.0. The van der Waals surface area contributed by atoms with Gasteiger partial charge in [0.05, 0.1) is 14.2 Å². The van der Waals surface area contributed by atoms with Crippen LogP contribution >= 0.6 is 0 Å². The van der Waals surface area contributed by atoms with Gasteiger partial charge in [0.25, 0.3) is 0 Å². The smallest absolute Gasteiger partial charge is 0.339 e. The average molecular weight is 250 g/mol. The molecule has 0 radical (unpaired) electrons. The number of halogens is 3. The lowest BCUT2D eigenvalue weighted by molar-refractivity contribution is -0.150. The van der Waals surface area contributed by atoms with E-state index in [2.05, 4.69) is 9.47 Å². The number of aliphatic hydroxyl groups excluding tert-OH is 1. The molecule has 1 atom stereocenters. The lowest BCUT2D eigenvalue weighted by Gasteiger charge is -2.14. The molecule has 0 spiro atoms. The number of carbonyl (C=O) groups is 1. The van der Waals surface area contributed by atoms with Crippen LogP contribution in [0.2, 0.25) is 0 Å². The molecule has 0 aliphatic heterocycles. The van der Waals surface area contributed by atoms with E-state index in [-0.39, 0.29) is 0 Å². The molecule has 0 saturated carbocycles. The van der Waals surface area contributed by atoms with Gasteiger partial charge in [0.15, 0.2) is 23.5 Å². The molecule has 4 nitrogen and oxygen atoms in total. The van der Waals surface area contributed by atoms with Crippen LogP contribution < -0.4 is 4.74 Å². The summed E-state index contributed by atoms with van der Waals surface area (Å²) < 4.78 is 47.7. The average Bonchev–Trinajstić information content (AvgIpc) is 2.33. The summed E-state index contributed by atoms with van der Waals surface area (Å²) in [7, 11) is 1.97. The summed E-state index contributed by atoms with van der Waals surface area (Å²) in [6, 6.07) is 0.471. The molecule has 0 aromatic heterocycles. The first-order valence-corrected chi connectivity index (χ1v) is 4.41. The summed E-state index contributed by atoms with van der Waals surface area (Å²) in [5, 5.41) is 9.43. The van der Waals surface area contributed by atoms with E-state index in [9.17, 15) is 23.1 Å². The minimum absolute atomic E-state index is 0.471. The second-order valence-electron chi connectivity index (χ2n) is 3.03. The summed E-state index contributed by atoms with van der Waals surface area (Å²) in [5.41, 5.74) is -0.546. The topological polar surface area (TPSA) is 55.8 Å². The molecule has 0 fully saturated rings. The van der Waals surface area contributed by atoms with Crippen LogP contribution in [0.1, 0.15) is 11.7 Å². The van der Waals surface area contributed by atoms with Gasteiger partial charge in [0, 0.05) is 5.56 Å². The van der Waals surface area contributed by atoms with Crippen LogP contribution in [0.4, 0.5) is 13.2 Å². The van der Waals surface area contributed by atoms with Crippen LogP contribution in [0.3, 0.4) is 0 Å². The van der Waals surface area contributed by atoms with Gasteiger partial charge in [-0.25, -0.2) is 13.6 Å². The zero-order chi connectivity index (χ0) is 13.2. The predicted molar refractivity (Wildman–Crippen MR) is 49.8 cm³/mol. The minimum Gasteiger partial charge on any atom is -0.493 e. The number of hydrogen-bond acceptors (Lipinski definition) is 4. The minimum atomic E-state index is -1.96. The van der Waals surface area contributed by atoms with Gasteiger partial charge in [-0.1, -0.05) is 0 Å². The number of benzene rings is 1. The highest BCUT2D eigenvalue weighted by atomic mass is 19.2. The van der Waals surface area contributed by atoms with Gasteiger partial charge in [-0.3, -0.25) is 0 Å². The highest BCUT2D eigenvalue weighted by Crippen LogP contribution is 2.31. The molecule has 0 aliphatic carbocycles. The normalized spacial score (nSPS) is 12.1. The molecule has 0 bridgehead atoms. The van der Waals surface area contributed by atoms with Crippen LogP contribution in [0.15, 0.2) is 6.07 Å². The Kier molecular flexibility index (Phi) is 3.95. The van der Waals surface area contributed by atoms with Gasteiger partial charge in [-0.15, -0.1) is 0 Å². The maximum Gasteiger partial charge on any atom is 0.339 e. The van der Waals surface area contributed by atoms with Crippen molar-refractivity contribution in [3.63, 3.8) is 0 Å². The summed E-state index contributed by atoms with van der Waals surface area (Å²) in [5.74, 6) is -6.80. The zero-order valence-electron chi connectivity index (χ0n) is 8.96. The molecule has 0 saturated heterocycles. The highest BCUT2D eigenvalue weighted by Gasteiger charge is 2.28. The van der Waals surface area contributed by atoms with E-state index in [1.807, 2.05) is 0 Å². The van der Waals surface area contributed by atoms with Crippen molar-refractivity contribution in [1.82, 2.24) is 0 Å². The standard InChI is InChI=1S/C10H9F3O4/c1-16-9-4(8(14)10(15)17-2)3-5(11)6(12)7(9)13/h3,8,14H,1-2H3. The number of carbonyl (C=O) groups excluding carboxylic acids is 1. The third-order valence-corrected chi connectivity index (χ3v) is 2.07. The van der Waals surface area contributed by atoms with Gasteiger partial charge in [-0.2, -0.15) is 4.39 Å². The van der Waals surface area contributed by atoms with Crippen LogP contribution in [0.25, 0.3) is 0 Å². The lowest BCUT2D eigenvalue weighted by atomic mass is 10.1. The Morgan fingerprint density at radius 2 is 1.88 bits per heavy atom. The Labute approximate surface area is 94.6 Å². The number of ether oxygens (including phenoxy) is 2. The number of rotatable bonds is 3. The number of aliphatic hydroxyl groups is 1. The fourth-order valence-electron chi connectivity index (χ4n) is 1.25. The molecule has 1 N–H and O–H groups in total. The van der Waals surface area contributed by atoms with E-state index in [0.29, 0.717) is 6.07 Å². The number of esters is 1. The van der Waals surface area contributed by atoms with Gasteiger partial charge in [0.2, 0.25) is 5.82 Å². The summed E-state index contributed by atoms with van der Waals surface area (Å²) >= 11 is 0. The fraction of sp³-hybridized carbons (Fsp3) is 0.300.